The summed E-state index contributed by atoms with van der Waals surface area (Å²) >= 11 is 0. The summed E-state index contributed by atoms with van der Waals surface area (Å²) in [6.07, 6.45) is 0.00264. The van der Waals surface area contributed by atoms with E-state index in [2.05, 4.69) is 0 Å². The van der Waals surface area contributed by atoms with Crippen LogP contribution in [0.15, 0.2) is 60.2 Å². The van der Waals surface area contributed by atoms with Crippen molar-refractivity contribution in [3.63, 3.8) is 0 Å². The summed E-state index contributed by atoms with van der Waals surface area (Å²) in [6, 6.07) is 13.5. The molecule has 110 valence electrons. The van der Waals surface area contributed by atoms with Gasteiger partial charge in [-0.25, -0.2) is 0 Å². The van der Waals surface area contributed by atoms with E-state index in [0.29, 0.717) is 22.4 Å². The predicted octanol–water partition coefficient (Wildman–Crippen LogP) is 2.73. The quantitative estimate of drug-likeness (QED) is 0.945. The van der Waals surface area contributed by atoms with E-state index in [4.69, 9.17) is 4.74 Å². The highest BCUT2D eigenvalue weighted by Crippen LogP contribution is 2.34. The van der Waals surface area contributed by atoms with Crippen LogP contribution in [0.5, 0.6) is 5.75 Å². The molecule has 1 aliphatic carbocycles. The van der Waals surface area contributed by atoms with Crippen LogP contribution in [0.1, 0.15) is 32.4 Å². The number of carbonyl (C=O) groups excluding carboxylic acids is 2. The molecular formula is C18H14O4. The van der Waals surface area contributed by atoms with Crippen molar-refractivity contribution < 1.29 is 19.4 Å². The van der Waals surface area contributed by atoms with Gasteiger partial charge < -0.3 is 9.84 Å². The molecule has 0 unspecified atom stereocenters. The average Bonchev–Trinajstić information content (AvgIpc) is 2.57. The summed E-state index contributed by atoms with van der Waals surface area (Å²) in [5.74, 6) is -0.150. The first-order chi connectivity index (χ1) is 10.6. The Labute approximate surface area is 127 Å². The molecule has 0 heterocycles. The highest BCUT2D eigenvalue weighted by Gasteiger charge is 2.30. The van der Waals surface area contributed by atoms with Gasteiger partial charge in [0.05, 0.1) is 7.11 Å². The van der Waals surface area contributed by atoms with Gasteiger partial charge in [0.2, 0.25) is 0 Å². The average molecular weight is 294 g/mol. The zero-order chi connectivity index (χ0) is 15.7. The third kappa shape index (κ3) is 2.23. The Kier molecular flexibility index (Phi) is 3.61. The van der Waals surface area contributed by atoms with Crippen molar-refractivity contribution in [3.05, 3.63) is 76.9 Å². The normalized spacial score (nSPS) is 15.1. The Morgan fingerprint density at radius 3 is 2.32 bits per heavy atom. The lowest BCUT2D eigenvalue weighted by Gasteiger charge is -2.20. The van der Waals surface area contributed by atoms with E-state index in [0.717, 1.165) is 0 Å². The molecule has 22 heavy (non-hydrogen) atoms. The van der Waals surface area contributed by atoms with Crippen molar-refractivity contribution in [1.29, 1.82) is 0 Å². The third-order valence-electron chi connectivity index (χ3n) is 3.71. The van der Waals surface area contributed by atoms with Gasteiger partial charge in [-0.3, -0.25) is 9.59 Å². The number of allylic oxidation sites excluding steroid dienone is 1. The molecule has 4 nitrogen and oxygen atoms in total. The molecule has 2 aromatic rings. The third-order valence-corrected chi connectivity index (χ3v) is 3.71. The summed E-state index contributed by atoms with van der Waals surface area (Å²) in [4.78, 5) is 24.7. The van der Waals surface area contributed by atoms with Crippen molar-refractivity contribution >= 4 is 11.6 Å². The number of para-hydroxylation sites is 1. The zero-order valence-corrected chi connectivity index (χ0v) is 11.9. The lowest BCUT2D eigenvalue weighted by molar-refractivity contribution is 0.0946. The fourth-order valence-corrected chi connectivity index (χ4v) is 2.60. The Balaban J connectivity index is 2.06. The van der Waals surface area contributed by atoms with Gasteiger partial charge in [0.25, 0.3) is 0 Å². The standard InChI is InChI=1S/C18H14O4/c1-22-16-9-5-4-8-13(16)18(21)14-10-15(19)11-6-2-3-7-12(11)17(14)20/h2-10,18,21H,1H3/t18-/m1/s1. The minimum Gasteiger partial charge on any atom is -0.496 e. The molecule has 0 aliphatic heterocycles. The Hall–Kier alpha value is -2.72. The first-order valence-electron chi connectivity index (χ1n) is 6.84. The number of Topliss-reactive ketones (excluding diaryl/α,β-unsaturated/α-hetero) is 1. The van der Waals surface area contributed by atoms with E-state index in [1.807, 2.05) is 0 Å². The van der Waals surface area contributed by atoms with Crippen molar-refractivity contribution in [3.8, 4) is 5.75 Å². The maximum atomic E-state index is 12.6. The minimum atomic E-state index is -1.21. The topological polar surface area (TPSA) is 63.6 Å². The van der Waals surface area contributed by atoms with E-state index in [1.165, 1.54) is 13.2 Å². The lowest BCUT2D eigenvalue weighted by Crippen LogP contribution is -2.21. The molecule has 0 amide bonds. The van der Waals surface area contributed by atoms with Crippen molar-refractivity contribution in [1.82, 2.24) is 0 Å². The summed E-state index contributed by atoms with van der Waals surface area (Å²) in [6.45, 7) is 0. The van der Waals surface area contributed by atoms with Crippen molar-refractivity contribution in [2.45, 2.75) is 6.10 Å². The Morgan fingerprint density at radius 1 is 0.955 bits per heavy atom. The van der Waals surface area contributed by atoms with Crippen molar-refractivity contribution in [2.75, 3.05) is 7.11 Å². The fraction of sp³-hybridized carbons (Fsp3) is 0.111. The largest absolute Gasteiger partial charge is 0.496 e. The van der Waals surface area contributed by atoms with Gasteiger partial charge in [0.1, 0.15) is 11.9 Å². The molecule has 2 aromatic carbocycles. The molecule has 1 N–H and O–H groups in total. The molecule has 0 bridgehead atoms. The molecule has 0 saturated carbocycles. The minimum absolute atomic E-state index is 0.0631. The summed E-state index contributed by atoms with van der Waals surface area (Å²) in [5, 5.41) is 10.5. The van der Waals surface area contributed by atoms with E-state index < -0.39 is 6.10 Å². The maximum Gasteiger partial charge on any atom is 0.192 e. The van der Waals surface area contributed by atoms with Crippen LogP contribution < -0.4 is 4.74 Å². The zero-order valence-electron chi connectivity index (χ0n) is 11.9. The lowest BCUT2D eigenvalue weighted by atomic mass is 9.85. The van der Waals surface area contributed by atoms with Gasteiger partial charge in [-0.2, -0.15) is 0 Å². The Bertz CT molecular complexity index is 789. The van der Waals surface area contributed by atoms with Gasteiger partial charge in [-0.05, 0) is 12.1 Å². The number of benzene rings is 2. The molecular weight excluding hydrogens is 280 g/mol. The molecule has 0 spiro atoms. The molecule has 0 saturated heterocycles. The van der Waals surface area contributed by atoms with Crippen LogP contribution in [0.25, 0.3) is 0 Å². The molecule has 4 heteroatoms. The second kappa shape index (κ2) is 5.58. The van der Waals surface area contributed by atoms with Gasteiger partial charge >= 0.3 is 0 Å². The first-order valence-corrected chi connectivity index (χ1v) is 6.84. The fourth-order valence-electron chi connectivity index (χ4n) is 2.60. The van der Waals surface area contributed by atoms with E-state index >= 15 is 0 Å². The molecule has 0 radical (unpaired) electrons. The highest BCUT2D eigenvalue weighted by atomic mass is 16.5. The summed E-state index contributed by atoms with van der Waals surface area (Å²) in [7, 11) is 1.49. The molecule has 3 rings (SSSR count). The number of ketones is 2. The number of methoxy groups -OCH3 is 1. The number of carbonyl (C=O) groups is 2. The number of aliphatic hydroxyl groups excluding tert-OH is 1. The molecule has 0 fully saturated rings. The van der Waals surface area contributed by atoms with E-state index in [-0.39, 0.29) is 17.1 Å². The maximum absolute atomic E-state index is 12.6. The van der Waals surface area contributed by atoms with Crippen LogP contribution in [0.4, 0.5) is 0 Å². The number of aliphatic hydroxyl groups is 1. The van der Waals surface area contributed by atoms with Crippen LogP contribution in [-0.2, 0) is 0 Å². The summed E-state index contributed by atoms with van der Waals surface area (Å²) < 4.78 is 5.21. The monoisotopic (exact) mass is 294 g/mol. The second-order valence-electron chi connectivity index (χ2n) is 4.98. The van der Waals surface area contributed by atoms with E-state index in [1.54, 1.807) is 48.5 Å². The van der Waals surface area contributed by atoms with Crippen LogP contribution in [0, 0.1) is 0 Å². The van der Waals surface area contributed by atoms with Crippen LogP contribution >= 0.6 is 0 Å². The van der Waals surface area contributed by atoms with Gasteiger partial charge in [0.15, 0.2) is 11.6 Å². The molecule has 1 atom stereocenters. The molecule has 0 aromatic heterocycles. The van der Waals surface area contributed by atoms with Crippen molar-refractivity contribution in [2.24, 2.45) is 0 Å². The highest BCUT2D eigenvalue weighted by molar-refractivity contribution is 6.24. The van der Waals surface area contributed by atoms with Crippen LogP contribution in [0.2, 0.25) is 0 Å². The summed E-state index contributed by atoms with van der Waals surface area (Å²) in [5.41, 5.74) is 1.20. The SMILES string of the molecule is COc1ccccc1[C@@H](O)C1=CC(=O)c2ccccc2C1=O. The number of rotatable bonds is 3. The van der Waals surface area contributed by atoms with Gasteiger partial charge in [0, 0.05) is 22.3 Å². The van der Waals surface area contributed by atoms with Crippen LogP contribution in [0.3, 0.4) is 0 Å². The number of fused-ring (bicyclic) bond motifs is 1. The number of hydrogen-bond acceptors (Lipinski definition) is 4. The van der Waals surface area contributed by atoms with Gasteiger partial charge in [-0.15, -0.1) is 0 Å². The second-order valence-corrected chi connectivity index (χ2v) is 4.98. The Morgan fingerprint density at radius 2 is 1.59 bits per heavy atom. The van der Waals surface area contributed by atoms with Gasteiger partial charge in [-0.1, -0.05) is 42.5 Å². The molecule has 1 aliphatic rings. The smallest absolute Gasteiger partial charge is 0.192 e. The predicted molar refractivity (Wildman–Crippen MR) is 81.1 cm³/mol. The van der Waals surface area contributed by atoms with E-state index in [9.17, 15) is 14.7 Å². The number of hydrogen-bond donors (Lipinski definition) is 1. The number of ether oxygens (including phenoxy) is 1. The first kappa shape index (κ1) is 14.2. The van der Waals surface area contributed by atoms with Crippen LogP contribution in [-0.4, -0.2) is 23.8 Å².